The lowest BCUT2D eigenvalue weighted by Crippen LogP contribution is -2.50. The van der Waals surface area contributed by atoms with E-state index in [1.165, 1.54) is 0 Å². The highest BCUT2D eigenvalue weighted by Crippen LogP contribution is 2.51. The summed E-state index contributed by atoms with van der Waals surface area (Å²) < 4.78 is 44.6. The molecule has 3 N–H and O–H groups in total. The number of rotatable bonds is 3. The predicted molar refractivity (Wildman–Crippen MR) is 130 cm³/mol. The van der Waals surface area contributed by atoms with Gasteiger partial charge in [-0.1, -0.05) is 43.7 Å². The number of para-hydroxylation sites is 1. The van der Waals surface area contributed by atoms with Crippen molar-refractivity contribution in [2.24, 2.45) is 10.4 Å². The van der Waals surface area contributed by atoms with Gasteiger partial charge in [-0.3, -0.25) is 4.79 Å². The fourth-order valence-corrected chi connectivity index (χ4v) is 4.95. The van der Waals surface area contributed by atoms with Crippen LogP contribution in [0.15, 0.2) is 65.1 Å². The Morgan fingerprint density at radius 3 is 2.69 bits per heavy atom. The SMILES string of the molecule is Cc1cccc(Cl)c1NC1=NC23C=C(C(=O)Nc4ccc(C(F)(F)F)cn4)OC2C(C)(C)CC=C3N1. The Balaban J connectivity index is 1.44. The molecule has 2 unspecified atom stereocenters. The van der Waals surface area contributed by atoms with Crippen LogP contribution >= 0.6 is 11.6 Å². The third-order valence-corrected chi connectivity index (χ3v) is 6.86. The molecule has 36 heavy (non-hydrogen) atoms. The number of halogens is 4. The molecular weight excluding hydrogens is 495 g/mol. The summed E-state index contributed by atoms with van der Waals surface area (Å²) in [5, 5.41) is 9.59. The smallest absolute Gasteiger partial charge is 0.417 e. The van der Waals surface area contributed by atoms with E-state index >= 15 is 0 Å². The van der Waals surface area contributed by atoms with Crippen molar-refractivity contribution in [3.63, 3.8) is 0 Å². The fraction of sp³-hybridized carbons (Fsp3) is 0.320. The van der Waals surface area contributed by atoms with Gasteiger partial charge in [-0.25, -0.2) is 9.98 Å². The summed E-state index contributed by atoms with van der Waals surface area (Å²) in [7, 11) is 0. The number of pyridine rings is 1. The average molecular weight is 518 g/mol. The number of hydrogen-bond donors (Lipinski definition) is 3. The quantitative estimate of drug-likeness (QED) is 0.507. The minimum atomic E-state index is -4.52. The van der Waals surface area contributed by atoms with Crippen LogP contribution in [0, 0.1) is 12.3 Å². The van der Waals surface area contributed by atoms with Crippen LogP contribution in [0.3, 0.4) is 0 Å². The Kier molecular flexibility index (Phi) is 5.55. The van der Waals surface area contributed by atoms with Crippen LogP contribution in [-0.2, 0) is 15.7 Å². The van der Waals surface area contributed by atoms with Gasteiger partial charge in [0, 0.05) is 23.4 Å². The van der Waals surface area contributed by atoms with Gasteiger partial charge in [-0.05, 0) is 37.1 Å². The molecule has 2 aliphatic heterocycles. The van der Waals surface area contributed by atoms with E-state index in [0.717, 1.165) is 23.4 Å². The molecule has 11 heteroatoms. The molecule has 1 amide bonds. The molecule has 0 saturated heterocycles. The van der Waals surface area contributed by atoms with Crippen molar-refractivity contribution >= 4 is 35.0 Å². The molecule has 188 valence electrons. The van der Waals surface area contributed by atoms with Gasteiger partial charge in [0.1, 0.15) is 11.9 Å². The van der Waals surface area contributed by atoms with Crippen molar-refractivity contribution in [3.8, 4) is 0 Å². The number of hydrogen-bond acceptors (Lipinski definition) is 6. The second-order valence-electron chi connectivity index (χ2n) is 9.67. The first-order chi connectivity index (χ1) is 16.9. The topological polar surface area (TPSA) is 87.6 Å². The zero-order valence-corrected chi connectivity index (χ0v) is 20.4. The molecule has 1 aromatic carbocycles. The Morgan fingerprint density at radius 1 is 1.25 bits per heavy atom. The lowest BCUT2D eigenvalue weighted by molar-refractivity contribution is -0.137. The second-order valence-corrected chi connectivity index (χ2v) is 10.1. The van der Waals surface area contributed by atoms with Gasteiger partial charge in [0.25, 0.3) is 5.91 Å². The van der Waals surface area contributed by atoms with Crippen molar-refractivity contribution in [1.29, 1.82) is 0 Å². The molecule has 1 aliphatic carbocycles. The molecule has 0 radical (unpaired) electrons. The predicted octanol–water partition coefficient (Wildman–Crippen LogP) is 5.41. The summed E-state index contributed by atoms with van der Waals surface area (Å²) in [6, 6.07) is 7.51. The second kappa shape index (κ2) is 8.26. The fourth-order valence-electron chi connectivity index (χ4n) is 4.68. The molecule has 5 rings (SSSR count). The number of allylic oxidation sites excluding steroid dienone is 1. The van der Waals surface area contributed by atoms with Crippen LogP contribution < -0.4 is 16.0 Å². The molecule has 7 nitrogen and oxygen atoms in total. The Hall–Kier alpha value is -3.53. The number of anilines is 2. The van der Waals surface area contributed by atoms with Gasteiger partial charge in [-0.2, -0.15) is 13.2 Å². The Bertz CT molecular complexity index is 1310. The molecule has 0 saturated carbocycles. The van der Waals surface area contributed by atoms with Crippen molar-refractivity contribution in [1.82, 2.24) is 10.3 Å². The number of carbonyl (C=O) groups is 1. The largest absolute Gasteiger partial charge is 0.481 e. The first-order valence-electron chi connectivity index (χ1n) is 11.2. The average Bonchev–Trinajstić information content (AvgIpc) is 3.37. The summed E-state index contributed by atoms with van der Waals surface area (Å²) in [4.78, 5) is 21.6. The molecule has 3 aliphatic rings. The van der Waals surface area contributed by atoms with Crippen molar-refractivity contribution in [2.75, 3.05) is 10.6 Å². The van der Waals surface area contributed by atoms with Crippen LogP contribution in [0.2, 0.25) is 5.02 Å². The summed E-state index contributed by atoms with van der Waals surface area (Å²) >= 11 is 6.37. The van der Waals surface area contributed by atoms with E-state index < -0.39 is 29.3 Å². The maximum Gasteiger partial charge on any atom is 0.417 e. The van der Waals surface area contributed by atoms with Gasteiger partial charge >= 0.3 is 6.18 Å². The van der Waals surface area contributed by atoms with E-state index in [2.05, 4.69) is 20.9 Å². The van der Waals surface area contributed by atoms with Gasteiger partial charge in [0.15, 0.2) is 11.3 Å². The zero-order valence-electron chi connectivity index (χ0n) is 19.6. The molecule has 1 aromatic heterocycles. The number of nitrogens with zero attached hydrogens (tertiary/aromatic N) is 2. The third-order valence-electron chi connectivity index (χ3n) is 6.54. The molecule has 1 spiro atoms. The highest BCUT2D eigenvalue weighted by atomic mass is 35.5. The lowest BCUT2D eigenvalue weighted by atomic mass is 9.69. The third kappa shape index (κ3) is 4.09. The van der Waals surface area contributed by atoms with Crippen molar-refractivity contribution < 1.29 is 22.7 Å². The van der Waals surface area contributed by atoms with E-state index in [1.54, 1.807) is 12.1 Å². The Labute approximate surface area is 210 Å². The summed E-state index contributed by atoms with van der Waals surface area (Å²) in [6.07, 6.45) is 0.0144. The monoisotopic (exact) mass is 517 g/mol. The number of aryl methyl sites for hydroxylation is 1. The summed E-state index contributed by atoms with van der Waals surface area (Å²) in [6.45, 7) is 5.98. The minimum Gasteiger partial charge on any atom is -0.481 e. The number of benzene rings is 1. The summed E-state index contributed by atoms with van der Waals surface area (Å²) in [5.74, 6) is -0.168. The van der Waals surface area contributed by atoms with Gasteiger partial charge in [0.2, 0.25) is 5.96 Å². The van der Waals surface area contributed by atoms with E-state index in [4.69, 9.17) is 21.3 Å². The van der Waals surface area contributed by atoms with Crippen LogP contribution in [0.25, 0.3) is 0 Å². The van der Waals surface area contributed by atoms with Gasteiger partial charge in [0.05, 0.1) is 16.3 Å². The number of carbonyl (C=O) groups excluding carboxylic acids is 1. The van der Waals surface area contributed by atoms with Crippen LogP contribution in [0.5, 0.6) is 0 Å². The highest BCUT2D eigenvalue weighted by Gasteiger charge is 2.59. The lowest BCUT2D eigenvalue weighted by Gasteiger charge is -2.41. The first-order valence-corrected chi connectivity index (χ1v) is 11.6. The van der Waals surface area contributed by atoms with E-state index in [9.17, 15) is 18.0 Å². The van der Waals surface area contributed by atoms with Gasteiger partial charge < -0.3 is 20.7 Å². The molecule has 0 bridgehead atoms. The number of ether oxygens (including phenoxy) is 1. The number of aliphatic imine (C=N–C) groups is 1. The van der Waals surface area contributed by atoms with Crippen molar-refractivity contribution in [3.05, 3.63) is 76.3 Å². The number of nitrogens with one attached hydrogen (secondary N) is 3. The summed E-state index contributed by atoms with van der Waals surface area (Å²) in [5.41, 5.74) is 0.182. The zero-order chi connectivity index (χ0) is 25.9. The number of guanidine groups is 1. The maximum absolute atomic E-state index is 13.0. The standard InChI is InChI=1S/C25H23ClF3N5O2/c1-13-5-4-6-15(26)19(13)33-22-31-17-9-10-23(2,3)21-24(17,34-22)11-16(36-21)20(35)32-18-8-7-14(12-30-18)25(27,28)29/h4-9,11-12,21H,10H2,1-3H3,(H,30,32,35)(H2,31,33,34). The normalized spacial score (nSPS) is 23.9. The van der Waals surface area contributed by atoms with E-state index in [0.29, 0.717) is 29.3 Å². The highest BCUT2D eigenvalue weighted by molar-refractivity contribution is 6.34. The van der Waals surface area contributed by atoms with Crippen LogP contribution in [-0.4, -0.2) is 28.5 Å². The van der Waals surface area contributed by atoms with Crippen LogP contribution in [0.1, 0.15) is 31.4 Å². The van der Waals surface area contributed by atoms with Crippen molar-refractivity contribution in [2.45, 2.75) is 45.0 Å². The molecule has 2 atom stereocenters. The minimum absolute atomic E-state index is 0.0169. The molecule has 2 aromatic rings. The number of aromatic nitrogens is 1. The molecule has 0 fully saturated rings. The number of amides is 1. The van der Waals surface area contributed by atoms with Crippen LogP contribution in [0.4, 0.5) is 24.7 Å². The van der Waals surface area contributed by atoms with E-state index in [1.807, 2.05) is 39.0 Å². The van der Waals surface area contributed by atoms with Gasteiger partial charge in [-0.15, -0.1) is 0 Å². The molecular formula is C25H23ClF3N5O2. The first kappa shape index (κ1) is 24.2. The Morgan fingerprint density at radius 2 is 2.03 bits per heavy atom. The van der Waals surface area contributed by atoms with E-state index in [-0.39, 0.29) is 17.0 Å². The molecule has 3 heterocycles. The maximum atomic E-state index is 13.0. The number of alkyl halides is 3.